The van der Waals surface area contributed by atoms with Crippen LogP contribution in [-0.2, 0) is 0 Å². The Morgan fingerprint density at radius 2 is 2.26 bits per heavy atom. The number of benzene rings is 1. The summed E-state index contributed by atoms with van der Waals surface area (Å²) in [6, 6.07) is 3.18. The van der Waals surface area contributed by atoms with Gasteiger partial charge < -0.3 is 20.6 Å². The van der Waals surface area contributed by atoms with E-state index in [1.807, 2.05) is 6.92 Å². The normalized spacial score (nSPS) is 18.8. The van der Waals surface area contributed by atoms with Gasteiger partial charge in [-0.15, -0.1) is 0 Å². The van der Waals surface area contributed by atoms with Crippen LogP contribution in [0.25, 0.3) is 0 Å². The van der Waals surface area contributed by atoms with Gasteiger partial charge in [0.25, 0.3) is 0 Å². The topological polar surface area (TPSA) is 64.6 Å². The van der Waals surface area contributed by atoms with Gasteiger partial charge >= 0.3 is 6.03 Å². The van der Waals surface area contributed by atoms with E-state index in [1.165, 1.54) is 12.1 Å². The molecule has 0 aliphatic carbocycles. The van der Waals surface area contributed by atoms with Crippen LogP contribution in [0.3, 0.4) is 0 Å². The zero-order chi connectivity index (χ0) is 16.8. The lowest BCUT2D eigenvalue weighted by molar-refractivity contribution is 0.231. The van der Waals surface area contributed by atoms with Crippen LogP contribution in [0.5, 0.6) is 0 Å². The SMILES string of the molecule is CC(CCO)CNC(=O)NC1CCN(c2ccc(F)cc2F)C1. The number of aliphatic hydroxyl groups excluding tert-OH is 1. The number of hydrogen-bond donors (Lipinski definition) is 3. The van der Waals surface area contributed by atoms with Crippen molar-refractivity contribution in [2.24, 2.45) is 5.92 Å². The molecular formula is C16H23F2N3O2. The van der Waals surface area contributed by atoms with Crippen molar-refractivity contribution in [1.29, 1.82) is 0 Å². The van der Waals surface area contributed by atoms with Crippen LogP contribution >= 0.6 is 0 Å². The highest BCUT2D eigenvalue weighted by Gasteiger charge is 2.25. The summed E-state index contributed by atoms with van der Waals surface area (Å²) in [5.41, 5.74) is 0.354. The van der Waals surface area contributed by atoms with E-state index in [2.05, 4.69) is 10.6 Å². The van der Waals surface area contributed by atoms with Crippen LogP contribution in [0.15, 0.2) is 18.2 Å². The first kappa shape index (κ1) is 17.5. The number of carbonyl (C=O) groups is 1. The molecule has 0 spiro atoms. The maximum atomic E-state index is 13.8. The first-order chi connectivity index (χ1) is 11.0. The lowest BCUT2D eigenvalue weighted by Gasteiger charge is -2.20. The minimum Gasteiger partial charge on any atom is -0.396 e. The Morgan fingerprint density at radius 3 is 2.96 bits per heavy atom. The van der Waals surface area contributed by atoms with E-state index in [1.54, 1.807) is 4.90 Å². The summed E-state index contributed by atoms with van der Waals surface area (Å²) in [6.45, 7) is 3.64. The van der Waals surface area contributed by atoms with Gasteiger partial charge in [0, 0.05) is 38.3 Å². The number of nitrogens with zero attached hydrogens (tertiary/aromatic N) is 1. The molecule has 2 unspecified atom stereocenters. The molecule has 1 aromatic carbocycles. The summed E-state index contributed by atoms with van der Waals surface area (Å²) >= 11 is 0. The Morgan fingerprint density at radius 1 is 1.48 bits per heavy atom. The van der Waals surface area contributed by atoms with Crippen LogP contribution in [0, 0.1) is 17.6 Å². The third-order valence-corrected chi connectivity index (χ3v) is 4.01. The van der Waals surface area contributed by atoms with E-state index in [0.717, 1.165) is 6.07 Å². The second-order valence-electron chi connectivity index (χ2n) is 6.00. The fourth-order valence-corrected chi connectivity index (χ4v) is 2.66. The minimum absolute atomic E-state index is 0.0763. The first-order valence-corrected chi connectivity index (χ1v) is 7.84. The predicted molar refractivity (Wildman–Crippen MR) is 84.4 cm³/mol. The Hall–Kier alpha value is -1.89. The Labute approximate surface area is 134 Å². The summed E-state index contributed by atoms with van der Waals surface area (Å²) < 4.78 is 26.7. The third-order valence-electron chi connectivity index (χ3n) is 4.01. The molecule has 2 atom stereocenters. The molecule has 1 saturated heterocycles. The van der Waals surface area contributed by atoms with Crippen molar-refractivity contribution in [3.05, 3.63) is 29.8 Å². The summed E-state index contributed by atoms with van der Waals surface area (Å²) in [4.78, 5) is 13.6. The standard InChI is InChI=1S/C16H23F2N3O2/c1-11(5-7-22)9-19-16(23)20-13-4-6-21(10-13)15-3-2-12(17)8-14(15)18/h2-3,8,11,13,22H,4-7,9-10H2,1H3,(H2,19,20,23). The smallest absolute Gasteiger partial charge is 0.315 e. The molecule has 7 heteroatoms. The van der Waals surface area contributed by atoms with E-state index < -0.39 is 11.6 Å². The van der Waals surface area contributed by atoms with E-state index in [-0.39, 0.29) is 24.6 Å². The molecule has 0 radical (unpaired) electrons. The zero-order valence-electron chi connectivity index (χ0n) is 13.2. The van der Waals surface area contributed by atoms with Crippen molar-refractivity contribution in [3.8, 4) is 0 Å². The fraction of sp³-hybridized carbons (Fsp3) is 0.562. The monoisotopic (exact) mass is 327 g/mol. The summed E-state index contributed by atoms with van der Waals surface area (Å²) in [6.07, 6.45) is 1.34. The number of hydrogen-bond acceptors (Lipinski definition) is 3. The van der Waals surface area contributed by atoms with E-state index >= 15 is 0 Å². The number of halogens is 2. The van der Waals surface area contributed by atoms with Gasteiger partial charge in [-0.1, -0.05) is 6.92 Å². The fourth-order valence-electron chi connectivity index (χ4n) is 2.66. The number of carbonyl (C=O) groups excluding carboxylic acids is 1. The van der Waals surface area contributed by atoms with Gasteiger partial charge in [0.05, 0.1) is 5.69 Å². The molecule has 0 aromatic heterocycles. The molecule has 128 valence electrons. The van der Waals surface area contributed by atoms with Crippen LogP contribution in [0.4, 0.5) is 19.3 Å². The third kappa shape index (κ3) is 5.06. The predicted octanol–water partition coefficient (Wildman–Crippen LogP) is 1.86. The van der Waals surface area contributed by atoms with Gasteiger partial charge in [-0.2, -0.15) is 0 Å². The van der Waals surface area contributed by atoms with Crippen molar-refractivity contribution in [1.82, 2.24) is 10.6 Å². The minimum atomic E-state index is -0.600. The van der Waals surface area contributed by atoms with Gasteiger partial charge in [0.15, 0.2) is 0 Å². The van der Waals surface area contributed by atoms with Gasteiger partial charge in [0.1, 0.15) is 11.6 Å². The van der Waals surface area contributed by atoms with Crippen molar-refractivity contribution in [3.63, 3.8) is 0 Å². The number of amides is 2. The molecule has 3 N–H and O–H groups in total. The van der Waals surface area contributed by atoms with Crippen LogP contribution in [0.2, 0.25) is 0 Å². The Balaban J connectivity index is 1.80. The summed E-state index contributed by atoms with van der Waals surface area (Å²) in [5.74, 6) is -0.983. The molecule has 1 aromatic rings. The molecule has 2 rings (SSSR count). The average molecular weight is 327 g/mol. The average Bonchev–Trinajstić information content (AvgIpc) is 2.93. The number of rotatable bonds is 6. The number of urea groups is 1. The van der Waals surface area contributed by atoms with E-state index in [4.69, 9.17) is 5.11 Å². The molecule has 0 saturated carbocycles. The summed E-state index contributed by atoms with van der Waals surface area (Å²) in [7, 11) is 0. The molecular weight excluding hydrogens is 304 g/mol. The Kier molecular flexibility index (Phi) is 6.15. The van der Waals surface area contributed by atoms with Gasteiger partial charge in [0.2, 0.25) is 0 Å². The van der Waals surface area contributed by atoms with Gasteiger partial charge in [-0.05, 0) is 30.9 Å². The Bertz CT molecular complexity index is 542. The highest BCUT2D eigenvalue weighted by atomic mass is 19.1. The molecule has 5 nitrogen and oxygen atoms in total. The second-order valence-corrected chi connectivity index (χ2v) is 6.00. The van der Waals surface area contributed by atoms with E-state index in [9.17, 15) is 13.6 Å². The molecule has 1 aliphatic heterocycles. The molecule has 1 aliphatic rings. The quantitative estimate of drug-likeness (QED) is 0.747. The highest BCUT2D eigenvalue weighted by Crippen LogP contribution is 2.24. The van der Waals surface area contributed by atoms with Crippen molar-refractivity contribution >= 4 is 11.7 Å². The van der Waals surface area contributed by atoms with Gasteiger partial charge in [-0.25, -0.2) is 13.6 Å². The van der Waals surface area contributed by atoms with Crippen LogP contribution in [0.1, 0.15) is 19.8 Å². The molecule has 23 heavy (non-hydrogen) atoms. The maximum absolute atomic E-state index is 13.8. The highest BCUT2D eigenvalue weighted by molar-refractivity contribution is 5.74. The molecule has 0 bridgehead atoms. The first-order valence-electron chi connectivity index (χ1n) is 7.84. The maximum Gasteiger partial charge on any atom is 0.315 e. The molecule has 1 fully saturated rings. The van der Waals surface area contributed by atoms with Gasteiger partial charge in [-0.3, -0.25) is 0 Å². The molecule has 2 amide bonds. The second kappa shape index (κ2) is 8.10. The van der Waals surface area contributed by atoms with Crippen LogP contribution in [-0.4, -0.2) is 43.4 Å². The van der Waals surface area contributed by atoms with Crippen molar-refractivity contribution in [2.75, 3.05) is 31.1 Å². The lowest BCUT2D eigenvalue weighted by Crippen LogP contribution is -2.44. The van der Waals surface area contributed by atoms with Crippen molar-refractivity contribution < 1.29 is 18.7 Å². The van der Waals surface area contributed by atoms with Crippen molar-refractivity contribution in [2.45, 2.75) is 25.8 Å². The number of aliphatic hydroxyl groups is 1. The zero-order valence-corrected chi connectivity index (χ0v) is 13.2. The summed E-state index contributed by atoms with van der Waals surface area (Å²) in [5, 5.41) is 14.4. The lowest BCUT2D eigenvalue weighted by atomic mass is 10.1. The number of nitrogens with one attached hydrogen (secondary N) is 2. The van der Waals surface area contributed by atoms with Crippen LogP contribution < -0.4 is 15.5 Å². The largest absolute Gasteiger partial charge is 0.396 e. The molecule has 1 heterocycles. The van der Waals surface area contributed by atoms with E-state index in [0.29, 0.717) is 38.2 Å². The number of anilines is 1.